The summed E-state index contributed by atoms with van der Waals surface area (Å²) in [7, 11) is 4.88. The molecule has 0 amide bonds. The first-order valence-corrected chi connectivity index (χ1v) is 11.5. The maximum Gasteiger partial charge on any atom is 0.203 e. The number of benzene rings is 2. The Balaban J connectivity index is 1.72. The summed E-state index contributed by atoms with van der Waals surface area (Å²) in [5.74, 6) is 1.87. The number of anilines is 1. The molecule has 0 unspecified atom stereocenters. The highest BCUT2D eigenvalue weighted by Gasteiger charge is 2.28. The predicted molar refractivity (Wildman–Crippen MR) is 135 cm³/mol. The minimum atomic E-state index is 0.589. The van der Waals surface area contributed by atoms with Crippen LogP contribution in [0.2, 0.25) is 0 Å². The summed E-state index contributed by atoms with van der Waals surface area (Å²) >= 11 is 5.86. The van der Waals surface area contributed by atoms with Gasteiger partial charge >= 0.3 is 0 Å². The van der Waals surface area contributed by atoms with Crippen molar-refractivity contribution in [2.45, 2.75) is 12.8 Å². The lowest BCUT2D eigenvalue weighted by Crippen LogP contribution is -2.36. The molecule has 1 heterocycles. The second-order valence-electron chi connectivity index (χ2n) is 7.87. The van der Waals surface area contributed by atoms with Gasteiger partial charge < -0.3 is 29.2 Å². The molecule has 1 fully saturated rings. The first kappa shape index (κ1) is 23.1. The molecular formula is C26H30N2O4S. The minimum Gasteiger partial charge on any atom is -0.493 e. The standard InChI is InChI=1S/C26H30N2O4S/c1-29-22-16-18(17-23(30-2)25(22)31-3)15-19-9-10-21(24(19)28-11-13-32-14-12-28)26(33)27-20-7-5-4-6-8-20/h4-8,15-17H,9-14H2,1-3H3,(H,27,33). The largest absolute Gasteiger partial charge is 0.493 e. The van der Waals surface area contributed by atoms with Crippen LogP contribution in [0.4, 0.5) is 5.69 Å². The van der Waals surface area contributed by atoms with Crippen molar-refractivity contribution in [2.24, 2.45) is 0 Å². The van der Waals surface area contributed by atoms with Crippen LogP contribution in [0.25, 0.3) is 6.08 Å². The number of morpholine rings is 1. The van der Waals surface area contributed by atoms with Crippen LogP contribution in [0.3, 0.4) is 0 Å². The van der Waals surface area contributed by atoms with E-state index >= 15 is 0 Å². The van der Waals surface area contributed by atoms with E-state index in [1.807, 2.05) is 42.5 Å². The van der Waals surface area contributed by atoms with E-state index in [1.54, 1.807) is 21.3 Å². The molecule has 1 saturated heterocycles. The molecule has 0 radical (unpaired) electrons. The molecule has 6 nitrogen and oxygen atoms in total. The van der Waals surface area contributed by atoms with Crippen LogP contribution in [-0.2, 0) is 4.74 Å². The second kappa shape index (κ2) is 10.7. The molecular weight excluding hydrogens is 436 g/mol. The Morgan fingerprint density at radius 2 is 1.64 bits per heavy atom. The van der Waals surface area contributed by atoms with Gasteiger partial charge in [0.15, 0.2) is 11.5 Å². The van der Waals surface area contributed by atoms with Crippen LogP contribution in [-0.4, -0.2) is 57.5 Å². The van der Waals surface area contributed by atoms with Crippen LogP contribution in [0.5, 0.6) is 17.2 Å². The number of nitrogens with one attached hydrogen (secondary N) is 1. The lowest BCUT2D eigenvalue weighted by atomic mass is 10.1. The van der Waals surface area contributed by atoms with Crippen molar-refractivity contribution in [2.75, 3.05) is 52.9 Å². The van der Waals surface area contributed by atoms with E-state index in [0.717, 1.165) is 42.2 Å². The summed E-state index contributed by atoms with van der Waals surface area (Å²) in [6.07, 6.45) is 4.00. The second-order valence-corrected chi connectivity index (χ2v) is 8.28. The highest BCUT2D eigenvalue weighted by atomic mass is 32.1. The van der Waals surface area contributed by atoms with Gasteiger partial charge in [-0.25, -0.2) is 0 Å². The molecule has 2 aromatic carbocycles. The zero-order chi connectivity index (χ0) is 23.2. The number of thiocarbonyl (C=S) groups is 1. The van der Waals surface area contributed by atoms with Gasteiger partial charge in [0.2, 0.25) is 5.75 Å². The van der Waals surface area contributed by atoms with E-state index < -0.39 is 0 Å². The van der Waals surface area contributed by atoms with Crippen molar-refractivity contribution in [1.29, 1.82) is 0 Å². The Hall–Kier alpha value is -3.03. The molecule has 0 aromatic heterocycles. The van der Waals surface area contributed by atoms with Crippen LogP contribution >= 0.6 is 12.2 Å². The van der Waals surface area contributed by atoms with E-state index in [9.17, 15) is 0 Å². The van der Waals surface area contributed by atoms with Crippen LogP contribution in [0.15, 0.2) is 59.3 Å². The Labute approximate surface area is 200 Å². The van der Waals surface area contributed by atoms with Crippen molar-refractivity contribution in [3.63, 3.8) is 0 Å². The highest BCUT2D eigenvalue weighted by molar-refractivity contribution is 7.81. The summed E-state index contributed by atoms with van der Waals surface area (Å²) in [6, 6.07) is 14.0. The number of para-hydroxylation sites is 1. The lowest BCUT2D eigenvalue weighted by molar-refractivity contribution is 0.0548. The fraction of sp³-hybridized carbons (Fsp3) is 0.346. The molecule has 1 N–H and O–H groups in total. The van der Waals surface area contributed by atoms with E-state index in [4.69, 9.17) is 31.2 Å². The predicted octanol–water partition coefficient (Wildman–Crippen LogP) is 4.92. The monoisotopic (exact) mass is 466 g/mol. The maximum atomic E-state index is 5.86. The quantitative estimate of drug-likeness (QED) is 0.582. The van der Waals surface area contributed by atoms with Gasteiger partial charge in [-0.3, -0.25) is 0 Å². The van der Waals surface area contributed by atoms with Gasteiger partial charge in [0.1, 0.15) is 4.99 Å². The average Bonchev–Trinajstić information content (AvgIpc) is 3.28. The van der Waals surface area contributed by atoms with E-state index in [1.165, 1.54) is 16.8 Å². The average molecular weight is 467 g/mol. The van der Waals surface area contributed by atoms with Crippen molar-refractivity contribution in [3.8, 4) is 17.2 Å². The summed E-state index contributed by atoms with van der Waals surface area (Å²) in [5.41, 5.74) is 5.63. The summed E-state index contributed by atoms with van der Waals surface area (Å²) in [5, 5.41) is 3.42. The zero-order valence-electron chi connectivity index (χ0n) is 19.3. The number of methoxy groups -OCH3 is 3. The van der Waals surface area contributed by atoms with Crippen LogP contribution in [0, 0.1) is 0 Å². The maximum absolute atomic E-state index is 5.86. The lowest BCUT2D eigenvalue weighted by Gasteiger charge is -2.32. The van der Waals surface area contributed by atoms with Gasteiger partial charge in [-0.05, 0) is 54.3 Å². The molecule has 1 aliphatic carbocycles. The number of ether oxygens (including phenoxy) is 4. The van der Waals surface area contributed by atoms with E-state index in [0.29, 0.717) is 30.5 Å². The topological polar surface area (TPSA) is 52.2 Å². The summed E-state index contributed by atoms with van der Waals surface area (Å²) < 4.78 is 22.2. The third kappa shape index (κ3) is 5.15. The molecule has 7 heteroatoms. The third-order valence-corrected chi connectivity index (χ3v) is 6.24. The van der Waals surface area contributed by atoms with Gasteiger partial charge in [0, 0.05) is 30.0 Å². The normalized spacial score (nSPS) is 17.3. The molecule has 2 aromatic rings. The molecule has 0 spiro atoms. The minimum absolute atomic E-state index is 0.589. The Bertz CT molecular complexity index is 1030. The number of hydrogen-bond donors (Lipinski definition) is 1. The molecule has 1 aliphatic heterocycles. The first-order valence-electron chi connectivity index (χ1n) is 11.1. The van der Waals surface area contributed by atoms with Gasteiger partial charge in [0.05, 0.1) is 34.5 Å². The number of rotatable bonds is 7. The Kier molecular flexibility index (Phi) is 7.52. The Morgan fingerprint density at radius 1 is 0.970 bits per heavy atom. The number of hydrogen-bond acceptors (Lipinski definition) is 6. The molecule has 2 aliphatic rings. The molecule has 0 saturated carbocycles. The van der Waals surface area contributed by atoms with Gasteiger partial charge in [-0.15, -0.1) is 0 Å². The Morgan fingerprint density at radius 3 is 2.24 bits per heavy atom. The highest BCUT2D eigenvalue weighted by Crippen LogP contribution is 2.41. The van der Waals surface area contributed by atoms with Gasteiger partial charge in [-0.1, -0.05) is 30.4 Å². The number of allylic oxidation sites excluding steroid dienone is 1. The van der Waals surface area contributed by atoms with Crippen molar-refractivity contribution >= 4 is 29.0 Å². The van der Waals surface area contributed by atoms with Gasteiger partial charge in [0.25, 0.3) is 0 Å². The summed E-state index contributed by atoms with van der Waals surface area (Å²) in [4.78, 5) is 3.17. The van der Waals surface area contributed by atoms with Crippen LogP contribution in [0.1, 0.15) is 18.4 Å². The van der Waals surface area contributed by atoms with E-state index in [-0.39, 0.29) is 0 Å². The fourth-order valence-electron chi connectivity index (χ4n) is 4.35. The van der Waals surface area contributed by atoms with Crippen LogP contribution < -0.4 is 19.5 Å². The molecule has 174 valence electrons. The van der Waals surface area contributed by atoms with Gasteiger partial charge in [-0.2, -0.15) is 0 Å². The number of nitrogens with zero attached hydrogens (tertiary/aromatic N) is 1. The first-order chi connectivity index (χ1) is 16.1. The van der Waals surface area contributed by atoms with Crippen molar-refractivity contribution in [1.82, 2.24) is 4.90 Å². The smallest absolute Gasteiger partial charge is 0.203 e. The SMILES string of the molecule is COc1cc(C=C2CCC(C(=S)Nc3ccccc3)=C2N2CCOCC2)cc(OC)c1OC. The molecule has 33 heavy (non-hydrogen) atoms. The molecule has 4 rings (SSSR count). The molecule has 0 bridgehead atoms. The fourth-order valence-corrected chi connectivity index (χ4v) is 4.66. The summed E-state index contributed by atoms with van der Waals surface area (Å²) in [6.45, 7) is 3.12. The van der Waals surface area contributed by atoms with Crippen molar-refractivity contribution < 1.29 is 18.9 Å². The zero-order valence-corrected chi connectivity index (χ0v) is 20.2. The van der Waals surface area contributed by atoms with Crippen molar-refractivity contribution in [3.05, 3.63) is 64.9 Å². The van der Waals surface area contributed by atoms with E-state index in [2.05, 4.69) is 16.3 Å². The third-order valence-electron chi connectivity index (χ3n) is 5.90. The molecule has 0 atom stereocenters.